The molecular formula is C12H17N5. The van der Waals surface area contributed by atoms with Gasteiger partial charge in [0.15, 0.2) is 0 Å². The first-order valence-corrected chi connectivity index (χ1v) is 5.92. The van der Waals surface area contributed by atoms with Gasteiger partial charge in [0.05, 0.1) is 6.20 Å². The van der Waals surface area contributed by atoms with Crippen molar-refractivity contribution >= 4 is 5.82 Å². The molecule has 1 aromatic rings. The van der Waals surface area contributed by atoms with Gasteiger partial charge in [-0.1, -0.05) is 0 Å². The summed E-state index contributed by atoms with van der Waals surface area (Å²) in [4.78, 5) is 10.3. The van der Waals surface area contributed by atoms with Gasteiger partial charge in [0.1, 0.15) is 23.8 Å². The number of rotatable bonds is 3. The number of likely N-dealkylation sites (tertiary alicyclic amines) is 1. The molecule has 5 heteroatoms. The van der Waals surface area contributed by atoms with Crippen molar-refractivity contribution in [1.82, 2.24) is 14.9 Å². The second-order valence-corrected chi connectivity index (χ2v) is 4.55. The molecule has 1 N–H and O–H groups in total. The molecule has 1 fully saturated rings. The van der Waals surface area contributed by atoms with E-state index in [-0.39, 0.29) is 0 Å². The molecule has 0 bridgehead atoms. The molecule has 1 atom stereocenters. The lowest BCUT2D eigenvalue weighted by atomic mass is 9.98. The second kappa shape index (κ2) is 5.60. The Bertz CT molecular complexity index is 412. The van der Waals surface area contributed by atoms with Crippen molar-refractivity contribution < 1.29 is 0 Å². The molecule has 90 valence electrons. The molecule has 0 aliphatic carbocycles. The van der Waals surface area contributed by atoms with Crippen LogP contribution in [0.4, 0.5) is 5.82 Å². The van der Waals surface area contributed by atoms with E-state index in [1.165, 1.54) is 25.7 Å². The van der Waals surface area contributed by atoms with Gasteiger partial charge in [0.2, 0.25) is 0 Å². The molecule has 1 unspecified atom stereocenters. The maximum absolute atomic E-state index is 8.92. The molecule has 2 heterocycles. The van der Waals surface area contributed by atoms with Gasteiger partial charge in [-0.2, -0.15) is 5.26 Å². The van der Waals surface area contributed by atoms with Gasteiger partial charge >= 0.3 is 0 Å². The zero-order chi connectivity index (χ0) is 12.1. The van der Waals surface area contributed by atoms with Crippen molar-refractivity contribution in [2.75, 3.05) is 32.0 Å². The molecule has 1 saturated heterocycles. The van der Waals surface area contributed by atoms with Crippen molar-refractivity contribution in [2.45, 2.75) is 12.8 Å². The van der Waals surface area contributed by atoms with Gasteiger partial charge in [-0.25, -0.2) is 9.97 Å². The highest BCUT2D eigenvalue weighted by atomic mass is 15.1. The highest BCUT2D eigenvalue weighted by Crippen LogP contribution is 2.16. The van der Waals surface area contributed by atoms with E-state index in [1.54, 1.807) is 6.20 Å². The molecule has 0 saturated carbocycles. The summed E-state index contributed by atoms with van der Waals surface area (Å²) in [5.74, 6) is 1.28. The first kappa shape index (κ1) is 11.8. The summed E-state index contributed by atoms with van der Waals surface area (Å²) in [6.45, 7) is 3.17. The third-order valence-electron chi connectivity index (χ3n) is 3.11. The van der Waals surface area contributed by atoms with Crippen LogP contribution in [0.5, 0.6) is 0 Å². The zero-order valence-corrected chi connectivity index (χ0v) is 10.1. The summed E-state index contributed by atoms with van der Waals surface area (Å²) < 4.78 is 0. The Labute approximate surface area is 101 Å². The third kappa shape index (κ3) is 3.14. The first-order valence-electron chi connectivity index (χ1n) is 5.92. The van der Waals surface area contributed by atoms with E-state index in [2.05, 4.69) is 33.3 Å². The van der Waals surface area contributed by atoms with Crippen LogP contribution in [0.1, 0.15) is 18.4 Å². The molecule has 1 aliphatic rings. The van der Waals surface area contributed by atoms with E-state index in [9.17, 15) is 0 Å². The summed E-state index contributed by atoms with van der Waals surface area (Å²) in [6.07, 6.45) is 5.50. The molecule has 5 nitrogen and oxygen atoms in total. The quantitative estimate of drug-likeness (QED) is 0.844. The number of nitrogens with zero attached hydrogens (tertiary/aromatic N) is 4. The number of aromatic nitrogens is 2. The normalized spacial score (nSPS) is 20.8. The number of hydrogen-bond donors (Lipinski definition) is 1. The van der Waals surface area contributed by atoms with E-state index in [4.69, 9.17) is 5.26 Å². The topological polar surface area (TPSA) is 64.8 Å². The lowest BCUT2D eigenvalue weighted by Crippen LogP contribution is -2.35. The fraction of sp³-hybridized carbons (Fsp3) is 0.583. The summed E-state index contributed by atoms with van der Waals surface area (Å²) in [6, 6.07) is 2.09. The maximum Gasteiger partial charge on any atom is 0.147 e. The van der Waals surface area contributed by atoms with E-state index in [0.29, 0.717) is 17.3 Å². The van der Waals surface area contributed by atoms with Crippen LogP contribution in [0.15, 0.2) is 12.5 Å². The average Bonchev–Trinajstić information content (AvgIpc) is 2.37. The number of nitriles is 1. The minimum absolute atomic E-state index is 0.511. The molecule has 2 rings (SSSR count). The highest BCUT2D eigenvalue weighted by Gasteiger charge is 2.17. The predicted octanol–water partition coefficient (Wildman–Crippen LogP) is 1.10. The minimum atomic E-state index is 0.511. The number of hydrogen-bond acceptors (Lipinski definition) is 5. The average molecular weight is 231 g/mol. The SMILES string of the molecule is CN1CCCC(CNc2ncncc2C#N)C1. The Morgan fingerprint density at radius 1 is 1.65 bits per heavy atom. The fourth-order valence-electron chi connectivity index (χ4n) is 2.23. The molecule has 0 amide bonds. The molecular weight excluding hydrogens is 214 g/mol. The van der Waals surface area contributed by atoms with Gasteiger partial charge in [-0.3, -0.25) is 0 Å². The Balaban J connectivity index is 1.91. The van der Waals surface area contributed by atoms with Crippen molar-refractivity contribution in [1.29, 1.82) is 5.26 Å². The molecule has 17 heavy (non-hydrogen) atoms. The van der Waals surface area contributed by atoms with Gasteiger partial charge in [-0.15, -0.1) is 0 Å². The summed E-state index contributed by atoms with van der Waals surface area (Å²) in [5, 5.41) is 12.2. The second-order valence-electron chi connectivity index (χ2n) is 4.55. The van der Waals surface area contributed by atoms with Crippen LogP contribution >= 0.6 is 0 Å². The van der Waals surface area contributed by atoms with Gasteiger partial charge in [-0.05, 0) is 32.4 Å². The molecule has 0 radical (unpaired) electrons. The molecule has 0 aromatic carbocycles. The predicted molar refractivity (Wildman–Crippen MR) is 65.5 cm³/mol. The lowest BCUT2D eigenvalue weighted by molar-refractivity contribution is 0.217. The van der Waals surface area contributed by atoms with Crippen LogP contribution in [0.3, 0.4) is 0 Å². The number of piperidine rings is 1. The Kier molecular flexibility index (Phi) is 3.89. The van der Waals surface area contributed by atoms with Crippen LogP contribution in [0.25, 0.3) is 0 Å². The van der Waals surface area contributed by atoms with E-state index in [1.807, 2.05) is 0 Å². The maximum atomic E-state index is 8.92. The summed E-state index contributed by atoms with van der Waals surface area (Å²) in [5.41, 5.74) is 0.511. The molecule has 0 spiro atoms. The standard InChI is InChI=1S/C12H17N5/c1-17-4-2-3-10(8-17)6-15-12-11(5-13)7-14-9-16-12/h7,9-10H,2-4,6,8H2,1H3,(H,14,15,16). The van der Waals surface area contributed by atoms with Crippen LogP contribution in [-0.2, 0) is 0 Å². The van der Waals surface area contributed by atoms with Gasteiger partial charge in [0.25, 0.3) is 0 Å². The minimum Gasteiger partial charge on any atom is -0.369 e. The highest BCUT2D eigenvalue weighted by molar-refractivity contribution is 5.49. The lowest BCUT2D eigenvalue weighted by Gasteiger charge is -2.29. The first-order chi connectivity index (χ1) is 8.29. The van der Waals surface area contributed by atoms with Gasteiger partial charge in [0, 0.05) is 13.1 Å². The van der Waals surface area contributed by atoms with E-state index in [0.717, 1.165) is 13.1 Å². The Hall–Kier alpha value is -1.67. The zero-order valence-electron chi connectivity index (χ0n) is 10.1. The van der Waals surface area contributed by atoms with Crippen LogP contribution in [-0.4, -0.2) is 41.5 Å². The van der Waals surface area contributed by atoms with Crippen molar-refractivity contribution in [3.05, 3.63) is 18.1 Å². The van der Waals surface area contributed by atoms with Crippen molar-refractivity contribution in [3.8, 4) is 6.07 Å². The van der Waals surface area contributed by atoms with Gasteiger partial charge < -0.3 is 10.2 Å². The molecule has 1 aromatic heterocycles. The number of nitrogens with one attached hydrogen (secondary N) is 1. The fourth-order valence-corrected chi connectivity index (χ4v) is 2.23. The largest absolute Gasteiger partial charge is 0.369 e. The van der Waals surface area contributed by atoms with E-state index >= 15 is 0 Å². The summed E-state index contributed by atoms with van der Waals surface area (Å²) >= 11 is 0. The van der Waals surface area contributed by atoms with Crippen LogP contribution in [0, 0.1) is 17.2 Å². The van der Waals surface area contributed by atoms with Crippen molar-refractivity contribution in [3.63, 3.8) is 0 Å². The smallest absolute Gasteiger partial charge is 0.147 e. The van der Waals surface area contributed by atoms with Crippen molar-refractivity contribution in [2.24, 2.45) is 5.92 Å². The van der Waals surface area contributed by atoms with Crippen LogP contribution < -0.4 is 5.32 Å². The number of anilines is 1. The van der Waals surface area contributed by atoms with E-state index < -0.39 is 0 Å². The van der Waals surface area contributed by atoms with Crippen LogP contribution in [0.2, 0.25) is 0 Å². The monoisotopic (exact) mass is 231 g/mol. The third-order valence-corrected chi connectivity index (χ3v) is 3.11. The Morgan fingerprint density at radius 3 is 3.29 bits per heavy atom. The Morgan fingerprint density at radius 2 is 2.53 bits per heavy atom. The summed E-state index contributed by atoms with van der Waals surface area (Å²) in [7, 11) is 2.15. The molecule has 1 aliphatic heterocycles.